The normalized spacial score (nSPS) is 26.4. The minimum absolute atomic E-state index is 0.252. The number of carboxylic acids is 1. The van der Waals surface area contributed by atoms with Gasteiger partial charge in [-0.15, -0.1) is 0 Å². The average Bonchev–Trinajstić information content (AvgIpc) is 2.99. The minimum atomic E-state index is -1.20. The van der Waals surface area contributed by atoms with Crippen LogP contribution in [-0.2, 0) is 11.8 Å². The first kappa shape index (κ1) is 16.3. The van der Waals surface area contributed by atoms with Crippen molar-refractivity contribution in [2.75, 3.05) is 0 Å². The molecule has 0 bridgehead atoms. The largest absolute Gasteiger partial charge is 0.481 e. The Morgan fingerprint density at radius 2 is 2.12 bits per heavy atom. The lowest BCUT2D eigenvalue weighted by Crippen LogP contribution is -2.39. The van der Waals surface area contributed by atoms with Crippen LogP contribution in [0.1, 0.15) is 36.6 Å². The SMILES string of the molecule is Cn1ccnc1C#CC1(O)CC[C@@H](C(=O)O)[C@H](c2ccccc2)C1. The third-order valence-electron chi connectivity index (χ3n) is 4.69. The number of benzene rings is 1. The minimum Gasteiger partial charge on any atom is -0.481 e. The van der Waals surface area contributed by atoms with E-state index >= 15 is 0 Å². The van der Waals surface area contributed by atoms with E-state index in [1.165, 1.54) is 0 Å². The zero-order valence-electron chi connectivity index (χ0n) is 13.5. The number of aliphatic hydroxyl groups is 1. The number of carboxylic acid groups (broad SMARTS) is 1. The van der Waals surface area contributed by atoms with E-state index in [9.17, 15) is 15.0 Å². The summed E-state index contributed by atoms with van der Waals surface area (Å²) in [6.07, 6.45) is 4.51. The Bertz CT molecular complexity index is 788. The summed E-state index contributed by atoms with van der Waals surface area (Å²) in [7, 11) is 1.84. The first-order chi connectivity index (χ1) is 11.5. The monoisotopic (exact) mass is 324 g/mol. The van der Waals surface area contributed by atoms with Gasteiger partial charge in [-0.1, -0.05) is 36.3 Å². The summed E-state index contributed by atoms with van der Waals surface area (Å²) in [6, 6.07) is 9.51. The van der Waals surface area contributed by atoms with Gasteiger partial charge in [0.25, 0.3) is 0 Å². The molecule has 2 aromatic rings. The van der Waals surface area contributed by atoms with Crippen molar-refractivity contribution in [3.8, 4) is 11.8 Å². The van der Waals surface area contributed by atoms with Gasteiger partial charge in [-0.3, -0.25) is 4.79 Å². The maximum absolute atomic E-state index is 11.6. The Hall–Kier alpha value is -2.58. The number of hydrogen-bond acceptors (Lipinski definition) is 3. The molecule has 1 aromatic carbocycles. The molecular formula is C19H20N2O3. The molecule has 1 aliphatic carbocycles. The van der Waals surface area contributed by atoms with Crippen molar-refractivity contribution in [2.45, 2.75) is 30.8 Å². The van der Waals surface area contributed by atoms with Crippen LogP contribution in [0.5, 0.6) is 0 Å². The smallest absolute Gasteiger partial charge is 0.307 e. The van der Waals surface area contributed by atoms with Crippen LogP contribution < -0.4 is 0 Å². The van der Waals surface area contributed by atoms with Gasteiger partial charge < -0.3 is 14.8 Å². The second-order valence-electron chi connectivity index (χ2n) is 6.35. The van der Waals surface area contributed by atoms with Crippen molar-refractivity contribution in [1.29, 1.82) is 0 Å². The maximum Gasteiger partial charge on any atom is 0.307 e. The van der Waals surface area contributed by atoms with Gasteiger partial charge in [0, 0.05) is 25.4 Å². The van der Waals surface area contributed by atoms with Gasteiger partial charge in [0.2, 0.25) is 0 Å². The number of carbonyl (C=O) groups is 1. The zero-order chi connectivity index (χ0) is 17.2. The number of aromatic nitrogens is 2. The molecule has 0 spiro atoms. The molecule has 1 fully saturated rings. The number of hydrogen-bond donors (Lipinski definition) is 2. The summed E-state index contributed by atoms with van der Waals surface area (Å²) in [5.74, 6) is 4.87. The third-order valence-corrected chi connectivity index (χ3v) is 4.69. The average molecular weight is 324 g/mol. The molecule has 5 nitrogen and oxygen atoms in total. The van der Waals surface area contributed by atoms with Gasteiger partial charge >= 0.3 is 5.97 Å². The molecule has 1 saturated carbocycles. The highest BCUT2D eigenvalue weighted by Crippen LogP contribution is 2.42. The lowest BCUT2D eigenvalue weighted by molar-refractivity contribution is -0.145. The third kappa shape index (κ3) is 3.34. The standard InChI is InChI=1S/C19H20N2O3/c1-21-12-11-20-17(21)8-10-19(24)9-7-15(18(22)23)16(13-19)14-5-3-2-4-6-14/h2-6,11-12,15-16,24H,7,9,13H2,1H3,(H,22,23)/t15-,16+,19?/m1/s1. The molecule has 2 N–H and O–H groups in total. The molecule has 1 heterocycles. The van der Waals surface area contributed by atoms with Crippen LogP contribution in [0.4, 0.5) is 0 Å². The molecule has 0 amide bonds. The molecule has 0 saturated heterocycles. The molecule has 1 aliphatic rings. The lowest BCUT2D eigenvalue weighted by atomic mass is 9.69. The van der Waals surface area contributed by atoms with Crippen molar-refractivity contribution < 1.29 is 15.0 Å². The molecular weight excluding hydrogens is 304 g/mol. The summed E-state index contributed by atoms with van der Waals surface area (Å²) in [4.78, 5) is 15.7. The van der Waals surface area contributed by atoms with E-state index in [2.05, 4.69) is 16.8 Å². The van der Waals surface area contributed by atoms with E-state index < -0.39 is 17.5 Å². The number of imidazole rings is 1. The Labute approximate surface area is 141 Å². The number of nitrogens with zero attached hydrogens (tertiary/aromatic N) is 2. The highest BCUT2D eigenvalue weighted by molar-refractivity contribution is 5.71. The number of aryl methyl sites for hydroxylation is 1. The van der Waals surface area contributed by atoms with Crippen LogP contribution in [0.2, 0.25) is 0 Å². The van der Waals surface area contributed by atoms with E-state index in [4.69, 9.17) is 0 Å². The quantitative estimate of drug-likeness (QED) is 0.830. The van der Waals surface area contributed by atoms with Crippen LogP contribution in [0.15, 0.2) is 42.7 Å². The van der Waals surface area contributed by atoms with Crippen LogP contribution in [0, 0.1) is 17.8 Å². The van der Waals surface area contributed by atoms with Crippen molar-refractivity contribution in [2.24, 2.45) is 13.0 Å². The first-order valence-electron chi connectivity index (χ1n) is 7.99. The maximum atomic E-state index is 11.6. The van der Waals surface area contributed by atoms with Crippen molar-refractivity contribution in [1.82, 2.24) is 9.55 Å². The fourth-order valence-electron chi connectivity index (χ4n) is 3.32. The topological polar surface area (TPSA) is 75.3 Å². The van der Waals surface area contributed by atoms with Crippen LogP contribution >= 0.6 is 0 Å². The summed E-state index contributed by atoms with van der Waals surface area (Å²) in [5, 5.41) is 20.4. The molecule has 3 atom stereocenters. The Kier molecular flexibility index (Phi) is 4.41. The predicted molar refractivity (Wildman–Crippen MR) is 89.2 cm³/mol. The highest BCUT2D eigenvalue weighted by atomic mass is 16.4. The molecule has 1 unspecified atom stereocenters. The van der Waals surface area contributed by atoms with Crippen molar-refractivity contribution in [3.05, 3.63) is 54.1 Å². The van der Waals surface area contributed by atoms with E-state index in [-0.39, 0.29) is 5.92 Å². The first-order valence-corrected chi connectivity index (χ1v) is 7.99. The van der Waals surface area contributed by atoms with Crippen LogP contribution in [-0.4, -0.2) is 31.3 Å². The van der Waals surface area contributed by atoms with Gasteiger partial charge in [-0.25, -0.2) is 4.98 Å². The van der Waals surface area contributed by atoms with Gasteiger partial charge in [0.05, 0.1) is 5.92 Å². The van der Waals surface area contributed by atoms with Gasteiger partial charge in [0.15, 0.2) is 5.82 Å². The molecule has 3 rings (SSSR count). The van der Waals surface area contributed by atoms with Crippen LogP contribution in [0.3, 0.4) is 0 Å². The molecule has 5 heteroatoms. The number of rotatable bonds is 2. The second-order valence-corrected chi connectivity index (χ2v) is 6.35. The molecule has 1 aromatic heterocycles. The summed E-state index contributed by atoms with van der Waals surface area (Å²) < 4.78 is 1.79. The van der Waals surface area contributed by atoms with E-state index in [0.717, 1.165) is 5.56 Å². The number of aliphatic carboxylic acids is 1. The lowest BCUT2D eigenvalue weighted by Gasteiger charge is -2.37. The summed E-state index contributed by atoms with van der Waals surface area (Å²) in [6.45, 7) is 0. The fourth-order valence-corrected chi connectivity index (χ4v) is 3.32. The zero-order valence-corrected chi connectivity index (χ0v) is 13.5. The predicted octanol–water partition coefficient (Wildman–Crippen LogP) is 2.17. The molecule has 24 heavy (non-hydrogen) atoms. The van der Waals surface area contributed by atoms with Crippen molar-refractivity contribution >= 4 is 5.97 Å². The van der Waals surface area contributed by atoms with Crippen molar-refractivity contribution in [3.63, 3.8) is 0 Å². The van der Waals surface area contributed by atoms with Gasteiger partial charge in [0.1, 0.15) is 5.60 Å². The van der Waals surface area contributed by atoms with E-state index in [1.807, 2.05) is 37.4 Å². The van der Waals surface area contributed by atoms with Gasteiger partial charge in [-0.05, 0) is 30.7 Å². The molecule has 0 radical (unpaired) electrons. The highest BCUT2D eigenvalue weighted by Gasteiger charge is 2.42. The Morgan fingerprint density at radius 1 is 1.38 bits per heavy atom. The molecule has 124 valence electrons. The second kappa shape index (κ2) is 6.50. The van der Waals surface area contributed by atoms with Crippen LogP contribution in [0.25, 0.3) is 0 Å². The van der Waals surface area contributed by atoms with Gasteiger partial charge in [-0.2, -0.15) is 0 Å². The Morgan fingerprint density at radius 3 is 2.75 bits per heavy atom. The van der Waals surface area contributed by atoms with E-state index in [0.29, 0.717) is 25.1 Å². The summed E-state index contributed by atoms with van der Waals surface area (Å²) >= 11 is 0. The fraction of sp³-hybridized carbons (Fsp3) is 0.368. The molecule has 0 aliphatic heterocycles. The summed E-state index contributed by atoms with van der Waals surface area (Å²) in [5.41, 5.74) is -0.264. The van der Waals surface area contributed by atoms with E-state index in [1.54, 1.807) is 17.0 Å². The Balaban J connectivity index is 1.88.